The molecule has 0 amide bonds. The molecule has 0 aliphatic carbocycles. The Hall–Kier alpha value is -1.51. The smallest absolute Gasteiger partial charge is 0.125 e. The number of aliphatic hydroxyl groups is 1. The van der Waals surface area contributed by atoms with E-state index >= 15 is 0 Å². The highest BCUT2D eigenvalue weighted by Crippen LogP contribution is 2.35. The first-order valence-corrected chi connectivity index (χ1v) is 7.14. The first-order valence-electron chi connectivity index (χ1n) is 6.76. The summed E-state index contributed by atoms with van der Waals surface area (Å²) >= 11 is 5.90. The lowest BCUT2D eigenvalue weighted by Crippen LogP contribution is -2.23. The Balaban J connectivity index is 2.40. The van der Waals surface area contributed by atoms with E-state index in [0.29, 0.717) is 17.4 Å². The molecule has 2 aromatic carbocycles. The van der Waals surface area contributed by atoms with Crippen LogP contribution in [0.5, 0.6) is 5.75 Å². The number of hydrogen-bond acceptors (Lipinski definition) is 2. The number of rotatable bonds is 5. The average Bonchev–Trinajstić information content (AvgIpc) is 2.46. The quantitative estimate of drug-likeness (QED) is 0.885. The minimum Gasteiger partial charge on any atom is -0.493 e. The summed E-state index contributed by atoms with van der Waals surface area (Å²) in [4.78, 5) is 0. The van der Waals surface area contributed by atoms with Crippen molar-refractivity contribution < 1.29 is 9.84 Å². The molecular weight excluding hydrogens is 272 g/mol. The second-order valence-corrected chi connectivity index (χ2v) is 5.36. The Morgan fingerprint density at radius 2 is 1.75 bits per heavy atom. The summed E-state index contributed by atoms with van der Waals surface area (Å²) in [6, 6.07) is 14.8. The van der Waals surface area contributed by atoms with Gasteiger partial charge in [-0.15, -0.1) is 0 Å². The lowest BCUT2D eigenvalue weighted by Gasteiger charge is -2.26. The predicted molar refractivity (Wildman–Crippen MR) is 82.4 cm³/mol. The molecule has 0 aliphatic rings. The van der Waals surface area contributed by atoms with Gasteiger partial charge in [-0.25, -0.2) is 0 Å². The van der Waals surface area contributed by atoms with Gasteiger partial charge in [-0.3, -0.25) is 0 Å². The fraction of sp³-hybridized carbons (Fsp3) is 0.294. The molecule has 0 saturated carbocycles. The standard InChI is InChI=1S/C17H19ClO2/c1-3-12-20-16-7-5-4-6-15(16)17(2,19)13-8-10-14(18)11-9-13/h4-11,19H,3,12H2,1-2H3. The fourth-order valence-corrected chi connectivity index (χ4v) is 2.26. The van der Waals surface area contributed by atoms with Crippen LogP contribution in [0.4, 0.5) is 0 Å². The van der Waals surface area contributed by atoms with Crippen molar-refractivity contribution in [3.05, 3.63) is 64.7 Å². The normalized spacial score (nSPS) is 13.8. The molecule has 2 nitrogen and oxygen atoms in total. The minimum absolute atomic E-state index is 0.633. The van der Waals surface area contributed by atoms with Crippen molar-refractivity contribution in [1.82, 2.24) is 0 Å². The van der Waals surface area contributed by atoms with Gasteiger partial charge < -0.3 is 9.84 Å². The van der Waals surface area contributed by atoms with Gasteiger partial charge in [-0.1, -0.05) is 48.9 Å². The van der Waals surface area contributed by atoms with Crippen molar-refractivity contribution in [2.24, 2.45) is 0 Å². The maximum absolute atomic E-state index is 10.9. The summed E-state index contributed by atoms with van der Waals surface area (Å²) in [5.41, 5.74) is 0.430. The molecule has 1 N–H and O–H groups in total. The molecule has 0 spiro atoms. The fourth-order valence-electron chi connectivity index (χ4n) is 2.14. The van der Waals surface area contributed by atoms with Gasteiger partial charge >= 0.3 is 0 Å². The highest BCUT2D eigenvalue weighted by atomic mass is 35.5. The lowest BCUT2D eigenvalue weighted by atomic mass is 9.87. The van der Waals surface area contributed by atoms with Gasteiger partial charge in [-0.05, 0) is 37.1 Å². The van der Waals surface area contributed by atoms with Crippen LogP contribution in [0.15, 0.2) is 48.5 Å². The molecule has 1 atom stereocenters. The van der Waals surface area contributed by atoms with E-state index in [0.717, 1.165) is 17.5 Å². The van der Waals surface area contributed by atoms with Crippen molar-refractivity contribution >= 4 is 11.6 Å². The second kappa shape index (κ2) is 6.29. The van der Waals surface area contributed by atoms with Crippen molar-refractivity contribution in [1.29, 1.82) is 0 Å². The van der Waals surface area contributed by atoms with E-state index in [-0.39, 0.29) is 0 Å². The highest BCUT2D eigenvalue weighted by Gasteiger charge is 2.28. The summed E-state index contributed by atoms with van der Waals surface area (Å²) in [5, 5.41) is 11.6. The van der Waals surface area contributed by atoms with Crippen LogP contribution in [-0.2, 0) is 5.60 Å². The van der Waals surface area contributed by atoms with Gasteiger partial charge in [0.1, 0.15) is 11.4 Å². The molecule has 0 saturated heterocycles. The largest absolute Gasteiger partial charge is 0.493 e. The van der Waals surface area contributed by atoms with E-state index in [1.807, 2.05) is 36.4 Å². The lowest BCUT2D eigenvalue weighted by molar-refractivity contribution is 0.0978. The van der Waals surface area contributed by atoms with Gasteiger partial charge in [0, 0.05) is 10.6 Å². The number of para-hydroxylation sites is 1. The molecule has 0 aliphatic heterocycles. The molecule has 0 heterocycles. The molecule has 1 unspecified atom stereocenters. The van der Waals surface area contributed by atoms with Gasteiger partial charge in [0.2, 0.25) is 0 Å². The highest BCUT2D eigenvalue weighted by molar-refractivity contribution is 6.30. The van der Waals surface area contributed by atoms with E-state index in [9.17, 15) is 5.11 Å². The number of ether oxygens (including phenoxy) is 1. The molecule has 0 radical (unpaired) electrons. The molecule has 0 fully saturated rings. The summed E-state index contributed by atoms with van der Waals surface area (Å²) < 4.78 is 5.73. The van der Waals surface area contributed by atoms with Crippen molar-refractivity contribution in [2.75, 3.05) is 6.61 Å². The van der Waals surface area contributed by atoms with Crippen LogP contribution in [0.3, 0.4) is 0 Å². The van der Waals surface area contributed by atoms with Crippen LogP contribution < -0.4 is 4.74 Å². The average molecular weight is 291 g/mol. The Labute approximate surface area is 125 Å². The summed E-state index contributed by atoms with van der Waals surface area (Å²) in [6.45, 7) is 4.46. The van der Waals surface area contributed by atoms with E-state index in [1.54, 1.807) is 19.1 Å². The zero-order valence-electron chi connectivity index (χ0n) is 11.8. The van der Waals surface area contributed by atoms with Crippen molar-refractivity contribution in [3.63, 3.8) is 0 Å². The molecule has 3 heteroatoms. The maximum Gasteiger partial charge on any atom is 0.125 e. The van der Waals surface area contributed by atoms with Crippen LogP contribution >= 0.6 is 11.6 Å². The third-order valence-corrected chi connectivity index (χ3v) is 3.53. The van der Waals surface area contributed by atoms with Crippen molar-refractivity contribution in [2.45, 2.75) is 25.9 Å². The van der Waals surface area contributed by atoms with Crippen molar-refractivity contribution in [3.8, 4) is 5.75 Å². The van der Waals surface area contributed by atoms with Crippen LogP contribution in [-0.4, -0.2) is 11.7 Å². The monoisotopic (exact) mass is 290 g/mol. The predicted octanol–water partition coefficient (Wildman–Crippen LogP) is 4.38. The first kappa shape index (κ1) is 14.9. The Kier molecular flexibility index (Phi) is 4.69. The molecular formula is C17H19ClO2. The number of halogens is 1. The Bertz CT molecular complexity index is 561. The molecule has 106 valence electrons. The van der Waals surface area contributed by atoms with Crippen LogP contribution in [0.1, 0.15) is 31.4 Å². The summed E-state index contributed by atoms with van der Waals surface area (Å²) in [7, 11) is 0. The van der Waals surface area contributed by atoms with E-state index in [4.69, 9.17) is 16.3 Å². The Morgan fingerprint density at radius 3 is 2.40 bits per heavy atom. The van der Waals surface area contributed by atoms with E-state index in [1.165, 1.54) is 0 Å². The minimum atomic E-state index is -1.12. The molecule has 20 heavy (non-hydrogen) atoms. The first-order chi connectivity index (χ1) is 9.55. The number of hydrogen-bond donors (Lipinski definition) is 1. The topological polar surface area (TPSA) is 29.5 Å². The van der Waals surface area contributed by atoms with E-state index in [2.05, 4.69) is 6.92 Å². The van der Waals surface area contributed by atoms with Crippen LogP contribution in [0.25, 0.3) is 0 Å². The third-order valence-electron chi connectivity index (χ3n) is 3.28. The molecule has 2 aromatic rings. The molecule has 0 bridgehead atoms. The van der Waals surface area contributed by atoms with Gasteiger partial charge in [-0.2, -0.15) is 0 Å². The van der Waals surface area contributed by atoms with E-state index < -0.39 is 5.60 Å². The van der Waals surface area contributed by atoms with Crippen LogP contribution in [0.2, 0.25) is 5.02 Å². The zero-order valence-corrected chi connectivity index (χ0v) is 12.5. The molecule has 0 aromatic heterocycles. The number of benzene rings is 2. The van der Waals surface area contributed by atoms with Gasteiger partial charge in [0.25, 0.3) is 0 Å². The zero-order chi connectivity index (χ0) is 14.6. The third kappa shape index (κ3) is 3.14. The maximum atomic E-state index is 10.9. The van der Waals surface area contributed by atoms with Gasteiger partial charge in [0.15, 0.2) is 0 Å². The SMILES string of the molecule is CCCOc1ccccc1C(C)(O)c1ccc(Cl)cc1. The summed E-state index contributed by atoms with van der Waals surface area (Å²) in [6.07, 6.45) is 0.928. The van der Waals surface area contributed by atoms with Crippen LogP contribution in [0, 0.1) is 0 Å². The second-order valence-electron chi connectivity index (χ2n) is 4.92. The van der Waals surface area contributed by atoms with Gasteiger partial charge in [0.05, 0.1) is 6.61 Å². The summed E-state index contributed by atoms with van der Waals surface area (Å²) in [5.74, 6) is 0.717. The molecule has 2 rings (SSSR count). The Morgan fingerprint density at radius 1 is 1.10 bits per heavy atom.